The fourth-order valence-electron chi connectivity index (χ4n) is 4.52. The number of aromatic hydroxyl groups is 1. The van der Waals surface area contributed by atoms with E-state index in [4.69, 9.17) is 10.6 Å². The lowest BCUT2D eigenvalue weighted by Crippen LogP contribution is -2.58. The summed E-state index contributed by atoms with van der Waals surface area (Å²) in [5.74, 6) is -5.73. The van der Waals surface area contributed by atoms with Crippen LogP contribution in [0.2, 0.25) is 0 Å². The fraction of sp³-hybridized carbons (Fsp3) is 0.259. The van der Waals surface area contributed by atoms with E-state index in [0.717, 1.165) is 34.2 Å². The number of hydrogen-bond donors (Lipinski definition) is 7. The van der Waals surface area contributed by atoms with Gasteiger partial charge in [-0.25, -0.2) is 14.6 Å². The van der Waals surface area contributed by atoms with Gasteiger partial charge in [-0.3, -0.25) is 24.1 Å². The first-order chi connectivity index (χ1) is 21.7. The number of β-lactam (4-membered cyclic amide) rings is 1. The number of carboxylic acid groups (broad SMARTS) is 2. The van der Waals surface area contributed by atoms with Gasteiger partial charge in [-0.05, 0) is 26.0 Å². The van der Waals surface area contributed by atoms with Gasteiger partial charge in [-0.15, -0.1) is 23.1 Å². The summed E-state index contributed by atoms with van der Waals surface area (Å²) in [5, 5.41) is 37.9. The molecule has 2 aliphatic rings. The van der Waals surface area contributed by atoms with Crippen LogP contribution in [0.15, 0.2) is 51.0 Å². The molecule has 5 rings (SSSR count). The van der Waals surface area contributed by atoms with Gasteiger partial charge in [0.05, 0.1) is 28.3 Å². The molecule has 17 nitrogen and oxygen atoms in total. The minimum absolute atomic E-state index is 0.0186. The Labute approximate surface area is 266 Å². The number of carbonyl (C=O) groups is 5. The predicted octanol–water partition coefficient (Wildman–Crippen LogP) is 0.373. The van der Waals surface area contributed by atoms with Crippen molar-refractivity contribution in [3.05, 3.63) is 62.5 Å². The number of hydrogen-bond acceptors (Lipinski definition) is 13. The molecule has 2 atom stereocenters. The molecule has 240 valence electrons. The third-order valence-corrected chi connectivity index (χ3v) is 9.00. The lowest BCUT2D eigenvalue weighted by Gasteiger charge is -2.46. The van der Waals surface area contributed by atoms with E-state index in [9.17, 15) is 44.1 Å². The van der Waals surface area contributed by atoms with Crippen molar-refractivity contribution in [2.45, 2.75) is 36.6 Å². The van der Waals surface area contributed by atoms with E-state index in [1.54, 1.807) is 0 Å². The van der Waals surface area contributed by atoms with Gasteiger partial charge in [0.25, 0.3) is 11.8 Å². The van der Waals surface area contributed by atoms with Gasteiger partial charge in [0, 0.05) is 23.7 Å². The monoisotopic (exact) mass is 671 g/mol. The molecular formula is C27H25N7O10S2. The average molecular weight is 672 g/mol. The standard InChI is InChI=1S/C27H25N7O10S2/c1-27(2,25(42)43)44-33-18(13-9-45-26(28)31-13)22(39)32-23-11(19(24(40)41)34-15(36)6-16(34)46-23)7-30-21(38)10-4-3-5-12-17(10)20(37)14(35)8-29-12/h3-5,8-9,16,23,35H,6-7H2,1-2H3,(H2,28,31)(H,29,37)(H,30,38)(H,32,39)(H,40,41)(H,42,43)/t16-,23?/m0/s1. The number of pyridine rings is 1. The van der Waals surface area contributed by atoms with Crippen molar-refractivity contribution in [2.24, 2.45) is 5.16 Å². The molecule has 0 aliphatic carbocycles. The molecule has 1 aromatic carbocycles. The lowest BCUT2D eigenvalue weighted by molar-refractivity contribution is -0.161. The normalized spacial score (nSPS) is 18.1. The predicted molar refractivity (Wildman–Crippen MR) is 164 cm³/mol. The molecule has 1 unspecified atom stereocenters. The van der Waals surface area contributed by atoms with Crippen LogP contribution in [0.1, 0.15) is 36.3 Å². The Balaban J connectivity index is 1.49. The number of anilines is 1. The molecule has 8 N–H and O–H groups in total. The fourth-order valence-corrected chi connectivity index (χ4v) is 6.50. The summed E-state index contributed by atoms with van der Waals surface area (Å²) in [5.41, 5.74) is 2.16. The van der Waals surface area contributed by atoms with Crippen molar-refractivity contribution in [1.82, 2.24) is 25.5 Å². The summed E-state index contributed by atoms with van der Waals surface area (Å²) in [6, 6.07) is 4.35. The van der Waals surface area contributed by atoms with Gasteiger partial charge in [-0.2, -0.15) is 0 Å². The highest BCUT2D eigenvalue weighted by molar-refractivity contribution is 8.00. The smallest absolute Gasteiger partial charge is 0.352 e. The van der Waals surface area contributed by atoms with Gasteiger partial charge < -0.3 is 41.5 Å². The number of amides is 3. The number of rotatable bonds is 10. The number of aromatic nitrogens is 2. The number of nitrogens with zero attached hydrogens (tertiary/aromatic N) is 3. The number of nitrogen functional groups attached to an aromatic ring is 1. The maximum absolute atomic E-state index is 13.6. The topological polar surface area (TPSA) is 267 Å². The van der Waals surface area contributed by atoms with Crippen LogP contribution in [-0.4, -0.2) is 88.5 Å². The summed E-state index contributed by atoms with van der Waals surface area (Å²) in [4.78, 5) is 88.9. The van der Waals surface area contributed by atoms with Crippen LogP contribution < -0.4 is 21.8 Å². The Bertz CT molecular complexity index is 1930. The van der Waals surface area contributed by atoms with Gasteiger partial charge >= 0.3 is 11.9 Å². The van der Waals surface area contributed by atoms with Crippen LogP contribution in [-0.2, 0) is 24.0 Å². The Hall–Kier alpha value is -5.43. The van der Waals surface area contributed by atoms with E-state index in [-0.39, 0.29) is 39.3 Å². The first-order valence-electron chi connectivity index (χ1n) is 13.3. The van der Waals surface area contributed by atoms with E-state index in [1.165, 1.54) is 37.4 Å². The summed E-state index contributed by atoms with van der Waals surface area (Å²) < 4.78 is 0. The molecule has 0 saturated carbocycles. The van der Waals surface area contributed by atoms with Crippen molar-refractivity contribution < 1.29 is 44.1 Å². The number of nitrogens with two attached hydrogens (primary N) is 1. The van der Waals surface area contributed by atoms with E-state index in [1.807, 2.05) is 0 Å². The number of H-pyrrole nitrogens is 1. The largest absolute Gasteiger partial charge is 0.503 e. The molecule has 4 heterocycles. The zero-order chi connectivity index (χ0) is 33.5. The summed E-state index contributed by atoms with van der Waals surface area (Å²) in [6.45, 7) is 1.91. The molecule has 19 heteroatoms. The molecule has 1 fully saturated rings. The second-order valence-corrected chi connectivity index (χ2v) is 12.6. The number of aromatic amines is 1. The zero-order valence-corrected chi connectivity index (χ0v) is 25.5. The number of oxime groups is 1. The van der Waals surface area contributed by atoms with Crippen LogP contribution >= 0.6 is 23.1 Å². The number of aliphatic carboxylic acids is 2. The Morgan fingerprint density at radius 1 is 1.24 bits per heavy atom. The lowest BCUT2D eigenvalue weighted by atomic mass is 10.0. The van der Waals surface area contributed by atoms with Gasteiger partial charge in [0.1, 0.15) is 16.8 Å². The van der Waals surface area contributed by atoms with E-state index in [2.05, 4.69) is 25.8 Å². The molecule has 0 spiro atoms. The minimum atomic E-state index is -1.84. The molecular weight excluding hydrogens is 646 g/mol. The van der Waals surface area contributed by atoms with Crippen LogP contribution in [0, 0.1) is 0 Å². The molecule has 1 saturated heterocycles. The zero-order valence-electron chi connectivity index (χ0n) is 23.9. The molecule has 3 aromatic rings. The number of nitrogens with one attached hydrogen (secondary N) is 3. The number of carbonyl (C=O) groups excluding carboxylic acids is 3. The Kier molecular flexibility index (Phi) is 8.46. The highest BCUT2D eigenvalue weighted by atomic mass is 32.2. The Morgan fingerprint density at radius 2 is 1.98 bits per heavy atom. The van der Waals surface area contributed by atoms with Gasteiger partial charge in [-0.1, -0.05) is 11.2 Å². The third-order valence-electron chi connectivity index (χ3n) is 6.96. The molecule has 46 heavy (non-hydrogen) atoms. The first-order valence-corrected chi connectivity index (χ1v) is 15.1. The summed E-state index contributed by atoms with van der Waals surface area (Å²) in [6.07, 6.45) is 1.06. The number of carboxylic acids is 2. The minimum Gasteiger partial charge on any atom is -0.503 e. The molecule has 0 bridgehead atoms. The van der Waals surface area contributed by atoms with Crippen LogP contribution in [0.25, 0.3) is 10.9 Å². The summed E-state index contributed by atoms with van der Waals surface area (Å²) >= 11 is 2.00. The van der Waals surface area contributed by atoms with E-state index < -0.39 is 75.1 Å². The van der Waals surface area contributed by atoms with Crippen molar-refractivity contribution in [2.75, 3.05) is 12.3 Å². The third kappa shape index (κ3) is 5.96. The first kappa shape index (κ1) is 32.0. The van der Waals surface area contributed by atoms with E-state index >= 15 is 0 Å². The quantitative estimate of drug-likeness (QED) is 0.0874. The number of fused-ring (bicyclic) bond motifs is 2. The van der Waals surface area contributed by atoms with Crippen LogP contribution in [0.5, 0.6) is 5.75 Å². The molecule has 3 amide bonds. The number of thiazole rings is 1. The summed E-state index contributed by atoms with van der Waals surface area (Å²) in [7, 11) is 0. The maximum Gasteiger partial charge on any atom is 0.352 e. The van der Waals surface area contributed by atoms with Gasteiger partial charge in [0.15, 0.2) is 16.6 Å². The van der Waals surface area contributed by atoms with Crippen LogP contribution in [0.4, 0.5) is 5.13 Å². The van der Waals surface area contributed by atoms with Crippen LogP contribution in [0.3, 0.4) is 0 Å². The SMILES string of the molecule is CC(C)(ON=C(C(=O)NC1S[C@H]2CC(=O)N2C(C(=O)O)=C1CNC(=O)c1cccc2[nH]cc(O)c(=O)c12)c1csc(N)n1)C(=O)O. The Morgan fingerprint density at radius 3 is 2.61 bits per heavy atom. The maximum atomic E-state index is 13.6. The van der Waals surface area contributed by atoms with Crippen molar-refractivity contribution in [3.8, 4) is 5.75 Å². The highest BCUT2D eigenvalue weighted by Gasteiger charge is 2.49. The highest BCUT2D eigenvalue weighted by Crippen LogP contribution is 2.43. The van der Waals surface area contributed by atoms with Gasteiger partial charge in [0.2, 0.25) is 16.9 Å². The number of benzene rings is 1. The number of thioether (sulfide) groups is 1. The average Bonchev–Trinajstić information content (AvgIpc) is 3.42. The van der Waals surface area contributed by atoms with Crippen molar-refractivity contribution in [1.29, 1.82) is 0 Å². The van der Waals surface area contributed by atoms with Crippen molar-refractivity contribution >= 4 is 74.5 Å². The molecule has 0 radical (unpaired) electrons. The molecule has 2 aliphatic heterocycles. The second-order valence-electron chi connectivity index (χ2n) is 10.4. The van der Waals surface area contributed by atoms with E-state index in [0.29, 0.717) is 0 Å². The molecule has 2 aromatic heterocycles. The second kappa shape index (κ2) is 12.2. The van der Waals surface area contributed by atoms with Crippen molar-refractivity contribution in [3.63, 3.8) is 0 Å².